The van der Waals surface area contributed by atoms with Gasteiger partial charge in [0.15, 0.2) is 0 Å². The van der Waals surface area contributed by atoms with Crippen LogP contribution in [0, 0.1) is 0 Å². The van der Waals surface area contributed by atoms with Gasteiger partial charge in [-0.3, -0.25) is 0 Å². The van der Waals surface area contributed by atoms with Crippen LogP contribution in [-0.4, -0.2) is 4.58 Å². The molecule has 0 aliphatic carbocycles. The zero-order valence-electron chi connectivity index (χ0n) is 8.55. The number of alkyl halides is 2. The lowest BCUT2D eigenvalue weighted by atomic mass is 10.4. The second-order valence-electron chi connectivity index (χ2n) is 3.32. The van der Waals surface area contributed by atoms with E-state index < -0.39 is 7.92 Å². The van der Waals surface area contributed by atoms with Crippen LogP contribution in [0.5, 0.6) is 0 Å². The molecule has 2 rings (SSSR count). The van der Waals surface area contributed by atoms with Gasteiger partial charge in [-0.15, -0.1) is 0 Å². The van der Waals surface area contributed by atoms with E-state index in [-0.39, 0.29) is 4.58 Å². The van der Waals surface area contributed by atoms with Crippen LogP contribution in [0.3, 0.4) is 0 Å². The van der Waals surface area contributed by atoms with E-state index in [1.807, 2.05) is 36.4 Å². The van der Waals surface area contributed by atoms with Crippen LogP contribution < -0.4 is 10.6 Å². The maximum absolute atomic E-state index is 6.11. The van der Waals surface area contributed by atoms with Crippen molar-refractivity contribution >= 4 is 41.7 Å². The van der Waals surface area contributed by atoms with Crippen LogP contribution in [0.15, 0.2) is 60.7 Å². The van der Waals surface area contributed by atoms with E-state index in [4.69, 9.17) is 23.2 Å². The summed E-state index contributed by atoms with van der Waals surface area (Å²) < 4.78 is -0.375. The molecule has 0 unspecified atom stereocenters. The fraction of sp³-hybridized carbons (Fsp3) is 0.0769. The van der Waals surface area contributed by atoms with E-state index in [9.17, 15) is 0 Å². The van der Waals surface area contributed by atoms with E-state index in [0.717, 1.165) is 0 Å². The first-order chi connectivity index (χ1) is 7.79. The Morgan fingerprint density at radius 2 is 1.06 bits per heavy atom. The first-order valence-corrected chi connectivity index (χ1v) is 7.25. The standard InChI is InChI=1S/C13H11Cl2P/c14-13(15)16(11-7-3-1-4-8-11)12-9-5-2-6-10-12/h1-10,13H. The molecule has 2 aromatic rings. The molecule has 0 N–H and O–H groups in total. The van der Waals surface area contributed by atoms with Crippen molar-refractivity contribution in [1.82, 2.24) is 0 Å². The average Bonchev–Trinajstić information content (AvgIpc) is 2.31. The van der Waals surface area contributed by atoms with E-state index in [1.165, 1.54) is 10.6 Å². The van der Waals surface area contributed by atoms with Crippen LogP contribution in [0.25, 0.3) is 0 Å². The summed E-state index contributed by atoms with van der Waals surface area (Å²) in [4.78, 5) is 0. The lowest BCUT2D eigenvalue weighted by Crippen LogP contribution is -2.15. The van der Waals surface area contributed by atoms with Crippen LogP contribution >= 0.6 is 31.1 Å². The Bertz CT molecular complexity index is 389. The average molecular weight is 269 g/mol. The van der Waals surface area contributed by atoms with Crippen molar-refractivity contribution in [3.63, 3.8) is 0 Å². The lowest BCUT2D eigenvalue weighted by molar-refractivity contribution is 1.73. The molecule has 0 radical (unpaired) electrons. The van der Waals surface area contributed by atoms with E-state index >= 15 is 0 Å². The summed E-state index contributed by atoms with van der Waals surface area (Å²) in [7, 11) is -0.679. The summed E-state index contributed by atoms with van der Waals surface area (Å²) in [5, 5.41) is 2.41. The summed E-state index contributed by atoms with van der Waals surface area (Å²) in [5.74, 6) is 0. The SMILES string of the molecule is ClC(Cl)P(c1ccccc1)c1ccccc1. The molecule has 2 aromatic carbocycles. The number of rotatable bonds is 3. The molecule has 0 bridgehead atoms. The Morgan fingerprint density at radius 1 is 0.688 bits per heavy atom. The monoisotopic (exact) mass is 268 g/mol. The first kappa shape index (κ1) is 11.9. The molecule has 3 heteroatoms. The summed E-state index contributed by atoms with van der Waals surface area (Å²) >= 11 is 12.2. The molecule has 16 heavy (non-hydrogen) atoms. The van der Waals surface area contributed by atoms with Gasteiger partial charge < -0.3 is 0 Å². The molecule has 0 aromatic heterocycles. The fourth-order valence-corrected chi connectivity index (χ4v) is 4.64. The highest BCUT2D eigenvalue weighted by atomic mass is 35.5. The van der Waals surface area contributed by atoms with Gasteiger partial charge in [0.1, 0.15) is 4.58 Å². The zero-order chi connectivity index (χ0) is 11.4. The molecular formula is C13H11Cl2P. The van der Waals surface area contributed by atoms with Crippen molar-refractivity contribution in [3.8, 4) is 0 Å². The molecule has 0 aliphatic heterocycles. The van der Waals surface area contributed by atoms with Crippen LogP contribution in [-0.2, 0) is 0 Å². The molecule has 0 amide bonds. The van der Waals surface area contributed by atoms with Gasteiger partial charge >= 0.3 is 0 Å². The first-order valence-electron chi connectivity index (χ1n) is 4.96. The maximum Gasteiger partial charge on any atom is 0.134 e. The lowest BCUT2D eigenvalue weighted by Gasteiger charge is -2.19. The smallest absolute Gasteiger partial charge is 0.0995 e. The van der Waals surface area contributed by atoms with Gasteiger partial charge in [0, 0.05) is 0 Å². The highest BCUT2D eigenvalue weighted by Crippen LogP contribution is 2.43. The molecule has 0 saturated carbocycles. The van der Waals surface area contributed by atoms with Crippen molar-refractivity contribution < 1.29 is 0 Å². The minimum atomic E-state index is -0.679. The molecule has 0 atom stereocenters. The van der Waals surface area contributed by atoms with E-state index in [1.54, 1.807) is 0 Å². The van der Waals surface area contributed by atoms with Gasteiger partial charge in [-0.25, -0.2) is 0 Å². The quantitative estimate of drug-likeness (QED) is 0.586. The molecule has 0 aliphatic rings. The van der Waals surface area contributed by atoms with Crippen molar-refractivity contribution in [2.45, 2.75) is 4.58 Å². The largest absolute Gasteiger partial charge is 0.134 e. The fourth-order valence-electron chi connectivity index (χ4n) is 1.55. The predicted molar refractivity (Wildman–Crippen MR) is 74.6 cm³/mol. The Kier molecular flexibility index (Phi) is 4.23. The van der Waals surface area contributed by atoms with Gasteiger partial charge in [0.25, 0.3) is 0 Å². The second kappa shape index (κ2) is 5.68. The molecular weight excluding hydrogens is 258 g/mol. The van der Waals surface area contributed by atoms with Gasteiger partial charge in [-0.2, -0.15) is 0 Å². The summed E-state index contributed by atoms with van der Waals surface area (Å²) in [6.45, 7) is 0. The maximum atomic E-state index is 6.11. The van der Waals surface area contributed by atoms with Gasteiger partial charge in [-0.1, -0.05) is 83.9 Å². The molecule has 0 fully saturated rings. The van der Waals surface area contributed by atoms with Crippen LogP contribution in [0.1, 0.15) is 0 Å². The Hall–Kier alpha value is -0.550. The molecule has 0 saturated heterocycles. The minimum Gasteiger partial charge on any atom is -0.0995 e. The summed E-state index contributed by atoms with van der Waals surface area (Å²) in [5.41, 5.74) is 0. The van der Waals surface area contributed by atoms with Gasteiger partial charge in [0.2, 0.25) is 0 Å². The molecule has 82 valence electrons. The normalized spacial score (nSPS) is 11.0. The van der Waals surface area contributed by atoms with Gasteiger partial charge in [-0.05, 0) is 18.5 Å². The second-order valence-corrected chi connectivity index (χ2v) is 7.31. The number of halogens is 2. The minimum absolute atomic E-state index is 0.375. The zero-order valence-corrected chi connectivity index (χ0v) is 11.0. The Labute approximate surface area is 107 Å². The Balaban J connectivity index is 2.40. The van der Waals surface area contributed by atoms with Crippen molar-refractivity contribution in [2.24, 2.45) is 0 Å². The third-order valence-electron chi connectivity index (χ3n) is 2.26. The van der Waals surface area contributed by atoms with Crippen LogP contribution in [0.2, 0.25) is 0 Å². The summed E-state index contributed by atoms with van der Waals surface area (Å²) in [6.07, 6.45) is 0. The predicted octanol–water partition coefficient (Wildman–Crippen LogP) is 3.88. The molecule has 0 heterocycles. The van der Waals surface area contributed by atoms with E-state index in [0.29, 0.717) is 0 Å². The highest BCUT2D eigenvalue weighted by Gasteiger charge is 2.20. The molecule has 0 spiro atoms. The number of benzene rings is 2. The summed E-state index contributed by atoms with van der Waals surface area (Å²) in [6, 6.07) is 20.4. The van der Waals surface area contributed by atoms with E-state index in [2.05, 4.69) is 24.3 Å². The molecule has 0 nitrogen and oxygen atoms in total. The van der Waals surface area contributed by atoms with Crippen molar-refractivity contribution in [2.75, 3.05) is 0 Å². The van der Waals surface area contributed by atoms with Crippen LogP contribution in [0.4, 0.5) is 0 Å². The number of hydrogen-bond donors (Lipinski definition) is 0. The van der Waals surface area contributed by atoms with Gasteiger partial charge in [0.05, 0.1) is 0 Å². The van der Waals surface area contributed by atoms with Crippen molar-refractivity contribution in [3.05, 3.63) is 60.7 Å². The third-order valence-corrected chi connectivity index (χ3v) is 5.53. The highest BCUT2D eigenvalue weighted by molar-refractivity contribution is 7.76. The topological polar surface area (TPSA) is 0 Å². The Morgan fingerprint density at radius 3 is 1.38 bits per heavy atom. The van der Waals surface area contributed by atoms with Crippen molar-refractivity contribution in [1.29, 1.82) is 0 Å². The third kappa shape index (κ3) is 2.77. The number of hydrogen-bond acceptors (Lipinski definition) is 0.